The molecule has 1 amide bonds. The average molecular weight is 382 g/mol. The summed E-state index contributed by atoms with van der Waals surface area (Å²) in [5.41, 5.74) is 0.187. The Morgan fingerprint density at radius 1 is 1.24 bits per heavy atom. The molecule has 1 aliphatic heterocycles. The first-order chi connectivity index (χ1) is 12.2. The van der Waals surface area contributed by atoms with Crippen LogP contribution in [-0.4, -0.2) is 39.6 Å². The molecule has 2 saturated carbocycles. The summed E-state index contributed by atoms with van der Waals surface area (Å²) in [4.78, 5) is 14.0. The van der Waals surface area contributed by atoms with Crippen molar-refractivity contribution in [1.29, 1.82) is 0 Å². The molecule has 25 heavy (non-hydrogen) atoms. The number of nitrogens with zero attached hydrogens (tertiary/aromatic N) is 3. The number of ether oxygens (including phenoxy) is 1. The van der Waals surface area contributed by atoms with E-state index in [0.717, 1.165) is 28.1 Å². The minimum absolute atomic E-state index is 0.161. The van der Waals surface area contributed by atoms with Gasteiger partial charge in [0.2, 0.25) is 11.0 Å². The van der Waals surface area contributed by atoms with Gasteiger partial charge in [-0.1, -0.05) is 49.3 Å². The molecule has 138 valence electrons. The highest BCUT2D eigenvalue weighted by atomic mass is 32.2. The number of anilines is 1. The molecule has 0 N–H and O–H groups in total. The summed E-state index contributed by atoms with van der Waals surface area (Å²) in [5, 5.41) is 9.37. The predicted octanol–water partition coefficient (Wildman–Crippen LogP) is 4.42. The lowest BCUT2D eigenvalue weighted by Crippen LogP contribution is -2.32. The molecule has 1 spiro atoms. The molecule has 0 radical (unpaired) electrons. The van der Waals surface area contributed by atoms with Gasteiger partial charge in [0.1, 0.15) is 0 Å². The Balaban J connectivity index is 1.32. The second-order valence-corrected chi connectivity index (χ2v) is 9.76. The van der Waals surface area contributed by atoms with Gasteiger partial charge in [-0.2, -0.15) is 0 Å². The summed E-state index contributed by atoms with van der Waals surface area (Å²) < 4.78 is 7.40. The van der Waals surface area contributed by atoms with Crippen LogP contribution in [0, 0.1) is 0 Å². The maximum atomic E-state index is 12.2. The molecule has 0 aromatic carbocycles. The molecule has 1 atom stereocenters. The topological polar surface area (TPSA) is 55.3 Å². The van der Waals surface area contributed by atoms with Gasteiger partial charge in [-0.3, -0.25) is 9.69 Å². The van der Waals surface area contributed by atoms with Gasteiger partial charge in [0.15, 0.2) is 4.34 Å². The Morgan fingerprint density at radius 2 is 2.04 bits per heavy atom. The van der Waals surface area contributed by atoms with Crippen LogP contribution in [0.5, 0.6) is 0 Å². The zero-order chi connectivity index (χ0) is 17.3. The van der Waals surface area contributed by atoms with Gasteiger partial charge in [0.05, 0.1) is 11.7 Å². The van der Waals surface area contributed by atoms with Crippen molar-refractivity contribution in [3.05, 3.63) is 0 Å². The Hall–Kier alpha value is -0.660. The van der Waals surface area contributed by atoms with Gasteiger partial charge in [-0.25, -0.2) is 0 Å². The number of carbonyl (C=O) groups excluding carboxylic acids is 1. The van der Waals surface area contributed by atoms with E-state index >= 15 is 0 Å². The zero-order valence-electron chi connectivity index (χ0n) is 14.9. The first kappa shape index (κ1) is 17.7. The standard InChI is InChI=1S/C18H27N3O2S2/c1-2-15(22)21(13-6-7-13)16-19-20-17(25-16)24-12-14-8-11-18(23-14)9-4-3-5-10-18/h13-14H,2-12H2,1H3. The van der Waals surface area contributed by atoms with Crippen LogP contribution in [0.4, 0.5) is 5.13 Å². The molecule has 1 aromatic rings. The number of hydrogen-bond acceptors (Lipinski definition) is 6. The summed E-state index contributed by atoms with van der Waals surface area (Å²) in [6.45, 7) is 1.91. The summed E-state index contributed by atoms with van der Waals surface area (Å²) in [7, 11) is 0. The predicted molar refractivity (Wildman–Crippen MR) is 101 cm³/mol. The molecule has 0 bridgehead atoms. The third-order valence-corrected chi connectivity index (χ3v) is 7.77. The fraction of sp³-hybridized carbons (Fsp3) is 0.833. The van der Waals surface area contributed by atoms with Crippen molar-refractivity contribution in [2.24, 2.45) is 0 Å². The van der Waals surface area contributed by atoms with Crippen LogP contribution in [-0.2, 0) is 9.53 Å². The molecule has 7 heteroatoms. The van der Waals surface area contributed by atoms with Gasteiger partial charge >= 0.3 is 0 Å². The molecule has 1 saturated heterocycles. The number of thioether (sulfide) groups is 1. The van der Waals surface area contributed by atoms with E-state index in [4.69, 9.17) is 4.74 Å². The van der Waals surface area contributed by atoms with Gasteiger partial charge in [-0.15, -0.1) is 10.2 Å². The molecular weight excluding hydrogens is 354 g/mol. The van der Waals surface area contributed by atoms with Gasteiger partial charge in [0.25, 0.3) is 0 Å². The number of hydrogen-bond donors (Lipinski definition) is 0. The lowest BCUT2D eigenvalue weighted by molar-refractivity contribution is -0.118. The maximum Gasteiger partial charge on any atom is 0.228 e. The molecule has 5 nitrogen and oxygen atoms in total. The normalized spacial score (nSPS) is 25.4. The minimum atomic E-state index is 0.161. The van der Waals surface area contributed by atoms with Crippen LogP contribution in [0.1, 0.15) is 71.1 Å². The fourth-order valence-corrected chi connectivity index (χ4v) is 6.06. The Labute approximate surface area is 157 Å². The van der Waals surface area contributed by atoms with E-state index in [1.54, 1.807) is 23.1 Å². The van der Waals surface area contributed by atoms with Crippen molar-refractivity contribution < 1.29 is 9.53 Å². The van der Waals surface area contributed by atoms with Crippen molar-refractivity contribution in [2.75, 3.05) is 10.7 Å². The minimum Gasteiger partial charge on any atom is -0.371 e. The Bertz CT molecular complexity index is 611. The van der Waals surface area contributed by atoms with Gasteiger partial charge in [-0.05, 0) is 38.5 Å². The summed E-state index contributed by atoms with van der Waals surface area (Å²) in [5.74, 6) is 1.11. The van der Waals surface area contributed by atoms with Crippen molar-refractivity contribution >= 4 is 34.1 Å². The van der Waals surface area contributed by atoms with Crippen molar-refractivity contribution in [1.82, 2.24) is 10.2 Å². The molecule has 2 heterocycles. The van der Waals surface area contributed by atoms with Crippen LogP contribution in [0.2, 0.25) is 0 Å². The largest absolute Gasteiger partial charge is 0.371 e. The van der Waals surface area contributed by atoms with Crippen molar-refractivity contribution in [3.8, 4) is 0 Å². The molecule has 4 rings (SSSR count). The van der Waals surface area contributed by atoms with Gasteiger partial charge < -0.3 is 4.74 Å². The third kappa shape index (κ3) is 4.03. The van der Waals surface area contributed by atoms with E-state index < -0.39 is 0 Å². The number of carbonyl (C=O) groups is 1. The zero-order valence-corrected chi connectivity index (χ0v) is 16.5. The second-order valence-electron chi connectivity index (χ2n) is 7.53. The first-order valence-electron chi connectivity index (χ1n) is 9.65. The Morgan fingerprint density at radius 3 is 2.76 bits per heavy atom. The number of amides is 1. The molecule has 3 aliphatic rings. The lowest BCUT2D eigenvalue weighted by atomic mass is 9.83. The quantitative estimate of drug-likeness (QED) is 0.539. The number of rotatable bonds is 6. The molecule has 3 fully saturated rings. The highest BCUT2D eigenvalue weighted by molar-refractivity contribution is 8.01. The first-order valence-corrected chi connectivity index (χ1v) is 11.5. The van der Waals surface area contributed by atoms with Crippen LogP contribution >= 0.6 is 23.1 Å². The Kier molecular flexibility index (Phi) is 5.34. The molecule has 2 aliphatic carbocycles. The van der Waals surface area contributed by atoms with E-state index in [9.17, 15) is 4.79 Å². The monoisotopic (exact) mass is 381 g/mol. The summed E-state index contributed by atoms with van der Waals surface area (Å²) in [6, 6.07) is 0.350. The van der Waals surface area contributed by atoms with Crippen LogP contribution < -0.4 is 4.90 Å². The highest BCUT2D eigenvalue weighted by Gasteiger charge is 2.41. The van der Waals surface area contributed by atoms with E-state index in [2.05, 4.69) is 10.2 Å². The van der Waals surface area contributed by atoms with Gasteiger partial charge in [0, 0.05) is 18.2 Å². The summed E-state index contributed by atoms with van der Waals surface area (Å²) >= 11 is 3.29. The SMILES string of the molecule is CCC(=O)N(c1nnc(SCC2CCC3(CCCCC3)O2)s1)C1CC1. The third-order valence-electron chi connectivity index (χ3n) is 5.58. The average Bonchev–Trinajstić information content (AvgIpc) is 3.22. The summed E-state index contributed by atoms with van der Waals surface area (Å²) in [6.07, 6.45) is 11.9. The second kappa shape index (κ2) is 7.53. The molecule has 1 aromatic heterocycles. The van der Waals surface area contributed by atoms with Crippen LogP contribution in [0.15, 0.2) is 4.34 Å². The molecular formula is C18H27N3O2S2. The van der Waals surface area contributed by atoms with E-state index in [1.807, 2.05) is 11.8 Å². The number of aromatic nitrogens is 2. The lowest BCUT2D eigenvalue weighted by Gasteiger charge is -2.33. The van der Waals surface area contributed by atoms with Crippen molar-refractivity contribution in [2.45, 2.75) is 93.2 Å². The molecule has 1 unspecified atom stereocenters. The fourth-order valence-electron chi connectivity index (χ4n) is 4.07. The van der Waals surface area contributed by atoms with Crippen molar-refractivity contribution in [3.63, 3.8) is 0 Å². The highest BCUT2D eigenvalue weighted by Crippen LogP contribution is 2.43. The maximum absolute atomic E-state index is 12.2. The smallest absolute Gasteiger partial charge is 0.228 e. The van der Waals surface area contributed by atoms with E-state index in [-0.39, 0.29) is 11.5 Å². The van der Waals surface area contributed by atoms with Crippen LogP contribution in [0.3, 0.4) is 0 Å². The van der Waals surface area contributed by atoms with Crippen LogP contribution in [0.25, 0.3) is 0 Å². The van der Waals surface area contributed by atoms with E-state index in [0.29, 0.717) is 18.6 Å². The van der Waals surface area contributed by atoms with E-state index in [1.165, 1.54) is 44.9 Å².